The smallest absolute Gasteiger partial charge is 0.375 e. The van der Waals surface area contributed by atoms with Crippen LogP contribution in [-0.2, 0) is 25.7 Å². The van der Waals surface area contributed by atoms with E-state index in [1.807, 2.05) is 0 Å². The standard InChI is InChI=1S/C26H28Cl2N2O5/c1-29(2)25(33)18-9-11-19(12-10-18)30(16-17-8-13-21(27)22(28)14-17)24(32)15-23(31)26(34)35-20-6-4-3-5-7-20/h8-14,20H,3-7,15-16H2,1-2H3. The SMILES string of the molecule is CN(C)C(=O)c1ccc(N(Cc2ccc(Cl)c(Cl)c2)C(=O)CC(=O)C(=O)OC2CCCCC2)cc1. The van der Waals surface area contributed by atoms with Crippen molar-refractivity contribution in [1.82, 2.24) is 4.90 Å². The minimum atomic E-state index is -0.980. The summed E-state index contributed by atoms with van der Waals surface area (Å²) in [5.41, 5.74) is 1.59. The lowest BCUT2D eigenvalue weighted by Crippen LogP contribution is -2.35. The number of halogens is 2. The summed E-state index contributed by atoms with van der Waals surface area (Å²) >= 11 is 12.1. The number of ketones is 1. The zero-order valence-electron chi connectivity index (χ0n) is 19.8. The van der Waals surface area contributed by atoms with Gasteiger partial charge in [0, 0.05) is 25.3 Å². The molecule has 0 unspecified atom stereocenters. The highest BCUT2D eigenvalue weighted by Gasteiger charge is 2.27. The van der Waals surface area contributed by atoms with Crippen LogP contribution in [0.1, 0.15) is 54.4 Å². The van der Waals surface area contributed by atoms with Crippen LogP contribution in [0.2, 0.25) is 10.0 Å². The van der Waals surface area contributed by atoms with E-state index in [9.17, 15) is 19.2 Å². The first-order chi connectivity index (χ1) is 16.7. The Morgan fingerprint density at radius 1 is 0.914 bits per heavy atom. The van der Waals surface area contributed by atoms with E-state index in [2.05, 4.69) is 0 Å². The van der Waals surface area contributed by atoms with Crippen LogP contribution in [0.5, 0.6) is 0 Å². The first-order valence-corrected chi connectivity index (χ1v) is 12.2. The molecule has 0 atom stereocenters. The minimum Gasteiger partial charge on any atom is -0.457 e. The molecule has 1 saturated carbocycles. The van der Waals surface area contributed by atoms with E-state index >= 15 is 0 Å². The Morgan fingerprint density at radius 2 is 1.57 bits per heavy atom. The second kappa shape index (κ2) is 12.2. The molecule has 0 bridgehead atoms. The maximum Gasteiger partial charge on any atom is 0.375 e. The van der Waals surface area contributed by atoms with Crippen molar-refractivity contribution in [2.45, 2.75) is 51.2 Å². The third kappa shape index (κ3) is 7.29. The summed E-state index contributed by atoms with van der Waals surface area (Å²) in [5.74, 6) is -2.63. The third-order valence-electron chi connectivity index (χ3n) is 5.82. The molecule has 186 valence electrons. The monoisotopic (exact) mass is 518 g/mol. The average molecular weight is 519 g/mol. The fourth-order valence-electron chi connectivity index (χ4n) is 3.89. The number of nitrogens with zero attached hydrogens (tertiary/aromatic N) is 2. The quantitative estimate of drug-likeness (QED) is 0.277. The normalized spacial score (nSPS) is 13.7. The molecule has 0 N–H and O–H groups in total. The summed E-state index contributed by atoms with van der Waals surface area (Å²) in [6.45, 7) is 0.0850. The molecule has 2 amide bonds. The maximum atomic E-state index is 13.2. The van der Waals surface area contributed by atoms with Gasteiger partial charge in [0.2, 0.25) is 11.7 Å². The Labute approximate surface area is 214 Å². The molecule has 2 aromatic rings. The summed E-state index contributed by atoms with van der Waals surface area (Å²) < 4.78 is 5.32. The van der Waals surface area contributed by atoms with Gasteiger partial charge in [0.05, 0.1) is 23.0 Å². The largest absolute Gasteiger partial charge is 0.457 e. The highest BCUT2D eigenvalue weighted by molar-refractivity contribution is 6.42. The van der Waals surface area contributed by atoms with Gasteiger partial charge in [-0.3, -0.25) is 14.4 Å². The first kappa shape index (κ1) is 26.7. The van der Waals surface area contributed by atoms with Crippen LogP contribution in [0.25, 0.3) is 0 Å². The summed E-state index contributed by atoms with van der Waals surface area (Å²) in [5, 5.41) is 0.705. The third-order valence-corrected chi connectivity index (χ3v) is 6.56. The second-order valence-electron chi connectivity index (χ2n) is 8.74. The van der Waals surface area contributed by atoms with Crippen LogP contribution in [0.3, 0.4) is 0 Å². The molecular formula is C26H28Cl2N2O5. The van der Waals surface area contributed by atoms with Gasteiger partial charge in [-0.15, -0.1) is 0 Å². The minimum absolute atomic E-state index is 0.0850. The van der Waals surface area contributed by atoms with Crippen LogP contribution >= 0.6 is 23.2 Å². The molecule has 0 radical (unpaired) electrons. The molecule has 0 heterocycles. The fraction of sp³-hybridized carbons (Fsp3) is 0.385. The lowest BCUT2D eigenvalue weighted by atomic mass is 9.98. The van der Waals surface area contributed by atoms with E-state index in [0.29, 0.717) is 26.9 Å². The van der Waals surface area contributed by atoms with Crippen LogP contribution in [-0.4, -0.2) is 48.7 Å². The van der Waals surface area contributed by atoms with Gasteiger partial charge in [-0.05, 0) is 67.6 Å². The number of carbonyl (C=O) groups is 4. The van der Waals surface area contributed by atoms with Crippen molar-refractivity contribution in [2.75, 3.05) is 19.0 Å². The molecule has 3 rings (SSSR count). The van der Waals surface area contributed by atoms with Crippen LogP contribution in [0.4, 0.5) is 5.69 Å². The molecule has 2 aromatic carbocycles. The number of carbonyl (C=O) groups excluding carboxylic acids is 4. The predicted octanol–water partition coefficient (Wildman–Crippen LogP) is 5.06. The number of amides is 2. The molecule has 0 aliphatic heterocycles. The number of benzene rings is 2. The molecule has 1 aliphatic rings. The van der Waals surface area contributed by atoms with Gasteiger partial charge in [-0.2, -0.15) is 0 Å². The van der Waals surface area contributed by atoms with Gasteiger partial charge < -0.3 is 14.5 Å². The van der Waals surface area contributed by atoms with Crippen molar-refractivity contribution in [3.8, 4) is 0 Å². The Bertz CT molecular complexity index is 1100. The van der Waals surface area contributed by atoms with E-state index in [-0.39, 0.29) is 18.6 Å². The van der Waals surface area contributed by atoms with Gasteiger partial charge in [0.25, 0.3) is 5.91 Å². The molecule has 9 heteroatoms. The Hall–Kier alpha value is -2.90. The zero-order chi connectivity index (χ0) is 25.5. The molecule has 0 spiro atoms. The van der Waals surface area contributed by atoms with Gasteiger partial charge in [0.1, 0.15) is 6.10 Å². The number of anilines is 1. The number of esters is 1. The Kier molecular flexibility index (Phi) is 9.29. The molecule has 0 saturated heterocycles. The van der Waals surface area contributed by atoms with E-state index in [0.717, 1.165) is 32.1 Å². The lowest BCUT2D eigenvalue weighted by molar-refractivity contribution is -0.159. The number of rotatable bonds is 8. The van der Waals surface area contributed by atoms with Gasteiger partial charge >= 0.3 is 5.97 Å². The topological polar surface area (TPSA) is 84.0 Å². The van der Waals surface area contributed by atoms with Gasteiger partial charge in [-0.1, -0.05) is 35.7 Å². The lowest BCUT2D eigenvalue weighted by Gasteiger charge is -2.24. The van der Waals surface area contributed by atoms with E-state index in [1.54, 1.807) is 56.6 Å². The number of Topliss-reactive ketones (excluding diaryl/α,β-unsaturated/α-hetero) is 1. The zero-order valence-corrected chi connectivity index (χ0v) is 21.3. The Balaban J connectivity index is 1.79. The van der Waals surface area contributed by atoms with Crippen molar-refractivity contribution in [2.24, 2.45) is 0 Å². The van der Waals surface area contributed by atoms with Crippen molar-refractivity contribution in [1.29, 1.82) is 0 Å². The highest BCUT2D eigenvalue weighted by Crippen LogP contribution is 2.26. The molecule has 1 aliphatic carbocycles. The van der Waals surface area contributed by atoms with Crippen LogP contribution in [0.15, 0.2) is 42.5 Å². The van der Waals surface area contributed by atoms with Crippen LogP contribution in [0, 0.1) is 0 Å². The average Bonchev–Trinajstić information content (AvgIpc) is 2.84. The molecule has 0 aromatic heterocycles. The Morgan fingerprint density at radius 3 is 2.17 bits per heavy atom. The van der Waals surface area contributed by atoms with Crippen molar-refractivity contribution < 1.29 is 23.9 Å². The van der Waals surface area contributed by atoms with E-state index < -0.39 is 24.1 Å². The van der Waals surface area contributed by atoms with E-state index in [4.69, 9.17) is 27.9 Å². The molecule has 1 fully saturated rings. The predicted molar refractivity (Wildman–Crippen MR) is 135 cm³/mol. The van der Waals surface area contributed by atoms with Crippen molar-refractivity contribution in [3.63, 3.8) is 0 Å². The number of hydrogen-bond acceptors (Lipinski definition) is 5. The molecule has 35 heavy (non-hydrogen) atoms. The highest BCUT2D eigenvalue weighted by atomic mass is 35.5. The first-order valence-electron chi connectivity index (χ1n) is 11.5. The fourth-order valence-corrected chi connectivity index (χ4v) is 4.21. The maximum absolute atomic E-state index is 13.2. The van der Waals surface area contributed by atoms with E-state index in [1.165, 1.54) is 9.80 Å². The van der Waals surface area contributed by atoms with Gasteiger partial charge in [0.15, 0.2) is 0 Å². The number of ether oxygens (including phenoxy) is 1. The molecular weight excluding hydrogens is 491 g/mol. The molecule has 7 nitrogen and oxygen atoms in total. The number of hydrogen-bond donors (Lipinski definition) is 0. The summed E-state index contributed by atoms with van der Waals surface area (Å²) in [4.78, 5) is 53.1. The summed E-state index contributed by atoms with van der Waals surface area (Å²) in [7, 11) is 3.29. The van der Waals surface area contributed by atoms with Crippen molar-refractivity contribution in [3.05, 3.63) is 63.6 Å². The van der Waals surface area contributed by atoms with Gasteiger partial charge in [-0.25, -0.2) is 4.79 Å². The van der Waals surface area contributed by atoms with Crippen molar-refractivity contribution >= 4 is 52.5 Å². The summed E-state index contributed by atoms with van der Waals surface area (Å²) in [6.07, 6.45) is 3.55. The second-order valence-corrected chi connectivity index (χ2v) is 9.55. The summed E-state index contributed by atoms with van der Waals surface area (Å²) in [6, 6.07) is 11.4. The van der Waals surface area contributed by atoms with Crippen LogP contribution < -0.4 is 4.90 Å².